The summed E-state index contributed by atoms with van der Waals surface area (Å²) in [4.78, 5) is 13.3. The van der Waals surface area contributed by atoms with Gasteiger partial charge in [-0.1, -0.05) is 32.0 Å². The normalized spacial score (nSPS) is 12.4. The lowest BCUT2D eigenvalue weighted by Gasteiger charge is -2.24. The maximum absolute atomic E-state index is 13.3. The zero-order chi connectivity index (χ0) is 19.6. The van der Waals surface area contributed by atoms with Crippen LogP contribution in [0.25, 0.3) is 20.2 Å². The van der Waals surface area contributed by atoms with Crippen molar-refractivity contribution in [2.24, 2.45) is 0 Å². The first-order valence-electron chi connectivity index (χ1n) is 9.08. The Morgan fingerprint density at radius 3 is 2.33 bits per heavy atom. The van der Waals surface area contributed by atoms with Crippen molar-refractivity contribution in [3.63, 3.8) is 0 Å². The molecule has 2 aromatic carbocycles. The molecule has 27 heavy (non-hydrogen) atoms. The monoisotopic (exact) mass is 402 g/mol. The predicted molar refractivity (Wildman–Crippen MR) is 115 cm³/mol. The summed E-state index contributed by atoms with van der Waals surface area (Å²) in [5.41, 5.74) is 2.32. The average molecular weight is 403 g/mol. The molecular formula is C21H26O4SSi. The van der Waals surface area contributed by atoms with Crippen LogP contribution in [0.4, 0.5) is 0 Å². The first kappa shape index (κ1) is 20.2. The van der Waals surface area contributed by atoms with Gasteiger partial charge in [-0.25, -0.2) is 0 Å². The van der Waals surface area contributed by atoms with Crippen LogP contribution in [0.1, 0.15) is 30.9 Å². The van der Waals surface area contributed by atoms with Gasteiger partial charge in [0, 0.05) is 47.5 Å². The van der Waals surface area contributed by atoms with Crippen molar-refractivity contribution in [2.75, 3.05) is 21.3 Å². The Bertz CT molecular complexity index is 1000. The largest absolute Gasteiger partial charge is 0.500 e. The molecule has 6 heteroatoms. The highest BCUT2D eigenvalue weighted by atomic mass is 32.1. The van der Waals surface area contributed by atoms with Crippen LogP contribution < -0.4 is 5.43 Å². The minimum absolute atomic E-state index is 0.108. The summed E-state index contributed by atoms with van der Waals surface area (Å²) in [6.45, 7) is 4.29. The van der Waals surface area contributed by atoms with E-state index in [1.165, 1.54) is 5.56 Å². The zero-order valence-electron chi connectivity index (χ0n) is 16.5. The van der Waals surface area contributed by atoms with E-state index >= 15 is 0 Å². The Hall–Kier alpha value is -1.57. The van der Waals surface area contributed by atoms with Crippen LogP contribution in [0.15, 0.2) is 41.2 Å². The molecule has 4 nitrogen and oxygen atoms in total. The van der Waals surface area contributed by atoms with Gasteiger partial charge in [-0.2, -0.15) is 0 Å². The van der Waals surface area contributed by atoms with E-state index in [1.807, 2.05) is 24.3 Å². The van der Waals surface area contributed by atoms with Crippen molar-refractivity contribution in [3.05, 3.63) is 57.7 Å². The Morgan fingerprint density at radius 1 is 1.00 bits per heavy atom. The SMILES string of the molecule is CO[Si](CCc1cccc2sc3ccc(C(C)C)cc3c(=O)c12)(OC)OC. The fourth-order valence-electron chi connectivity index (χ4n) is 3.40. The third-order valence-electron chi connectivity index (χ3n) is 5.11. The van der Waals surface area contributed by atoms with Crippen LogP contribution in [0, 0.1) is 0 Å². The molecule has 0 radical (unpaired) electrons. The molecule has 0 fully saturated rings. The number of hydrogen-bond acceptors (Lipinski definition) is 5. The van der Waals surface area contributed by atoms with E-state index in [1.54, 1.807) is 32.7 Å². The van der Waals surface area contributed by atoms with Crippen LogP contribution in [0.5, 0.6) is 0 Å². The van der Waals surface area contributed by atoms with Gasteiger partial charge in [0.2, 0.25) is 0 Å². The first-order valence-corrected chi connectivity index (χ1v) is 11.8. The fourth-order valence-corrected chi connectivity index (χ4v) is 6.19. The topological polar surface area (TPSA) is 44.8 Å². The molecule has 1 aromatic heterocycles. The minimum Gasteiger partial charge on any atom is -0.377 e. The van der Waals surface area contributed by atoms with Crippen molar-refractivity contribution in [2.45, 2.75) is 32.2 Å². The van der Waals surface area contributed by atoms with E-state index in [0.29, 0.717) is 18.4 Å². The Labute approximate surface area is 165 Å². The maximum atomic E-state index is 13.3. The third-order valence-corrected chi connectivity index (χ3v) is 8.97. The molecule has 0 atom stereocenters. The zero-order valence-corrected chi connectivity index (χ0v) is 18.3. The molecule has 144 valence electrons. The minimum atomic E-state index is -2.68. The van der Waals surface area contributed by atoms with Crippen molar-refractivity contribution in [1.29, 1.82) is 0 Å². The number of hydrogen-bond donors (Lipinski definition) is 0. The van der Waals surface area contributed by atoms with Crippen molar-refractivity contribution in [1.82, 2.24) is 0 Å². The molecule has 0 N–H and O–H groups in total. The molecule has 0 aliphatic heterocycles. The molecule has 1 heterocycles. The van der Waals surface area contributed by atoms with E-state index in [4.69, 9.17) is 13.3 Å². The number of benzene rings is 2. The van der Waals surface area contributed by atoms with Crippen molar-refractivity contribution < 1.29 is 13.3 Å². The fraction of sp³-hybridized carbons (Fsp3) is 0.381. The summed E-state index contributed by atoms with van der Waals surface area (Å²) in [5, 5.41) is 1.61. The molecule has 0 spiro atoms. The van der Waals surface area contributed by atoms with Crippen LogP contribution in [0.2, 0.25) is 6.04 Å². The van der Waals surface area contributed by atoms with Crippen molar-refractivity contribution >= 4 is 40.3 Å². The van der Waals surface area contributed by atoms with Gasteiger partial charge in [0.05, 0.1) is 0 Å². The number of fused-ring (bicyclic) bond motifs is 2. The van der Waals surface area contributed by atoms with Gasteiger partial charge < -0.3 is 13.3 Å². The molecule has 0 aliphatic carbocycles. The second-order valence-electron chi connectivity index (χ2n) is 6.93. The average Bonchev–Trinajstić information content (AvgIpc) is 2.69. The van der Waals surface area contributed by atoms with Crippen LogP contribution in [-0.2, 0) is 19.7 Å². The lowest BCUT2D eigenvalue weighted by molar-refractivity contribution is 0.124. The van der Waals surface area contributed by atoms with E-state index in [9.17, 15) is 4.79 Å². The molecule has 0 amide bonds. The molecule has 0 saturated carbocycles. The molecule has 0 bridgehead atoms. The second-order valence-corrected chi connectivity index (χ2v) is 11.1. The highest BCUT2D eigenvalue weighted by Crippen LogP contribution is 2.30. The Morgan fingerprint density at radius 2 is 1.70 bits per heavy atom. The van der Waals surface area contributed by atoms with E-state index in [-0.39, 0.29) is 5.43 Å². The second kappa shape index (κ2) is 8.20. The lowest BCUT2D eigenvalue weighted by atomic mass is 10.0. The van der Waals surface area contributed by atoms with Gasteiger partial charge in [-0.3, -0.25) is 4.79 Å². The summed E-state index contributed by atoms with van der Waals surface area (Å²) >= 11 is 1.67. The van der Waals surface area contributed by atoms with Gasteiger partial charge in [-0.05, 0) is 41.7 Å². The highest BCUT2D eigenvalue weighted by molar-refractivity contribution is 7.24. The first-order chi connectivity index (χ1) is 12.9. The summed E-state index contributed by atoms with van der Waals surface area (Å²) in [5.74, 6) is 0.390. The number of aryl methyl sites for hydroxylation is 1. The van der Waals surface area contributed by atoms with Gasteiger partial charge >= 0.3 is 8.80 Å². The van der Waals surface area contributed by atoms with Crippen LogP contribution >= 0.6 is 11.3 Å². The van der Waals surface area contributed by atoms with Gasteiger partial charge in [0.1, 0.15) is 0 Å². The maximum Gasteiger partial charge on any atom is 0.500 e. The lowest BCUT2D eigenvalue weighted by Crippen LogP contribution is -2.43. The quantitative estimate of drug-likeness (QED) is 0.414. The molecule has 0 aliphatic rings. The van der Waals surface area contributed by atoms with E-state index < -0.39 is 8.80 Å². The predicted octanol–water partition coefficient (Wildman–Crippen LogP) is 4.96. The summed E-state index contributed by atoms with van der Waals surface area (Å²) in [6, 6.07) is 12.9. The van der Waals surface area contributed by atoms with Crippen LogP contribution in [0.3, 0.4) is 0 Å². The molecule has 3 rings (SSSR count). The smallest absolute Gasteiger partial charge is 0.377 e. The molecule has 0 unspecified atom stereocenters. The molecule has 0 saturated heterocycles. The molecular weight excluding hydrogens is 376 g/mol. The summed E-state index contributed by atoms with van der Waals surface area (Å²) in [6.07, 6.45) is 0.677. The highest BCUT2D eigenvalue weighted by Gasteiger charge is 2.37. The van der Waals surface area contributed by atoms with Gasteiger partial charge in [-0.15, -0.1) is 11.3 Å². The Balaban J connectivity index is 2.12. The number of rotatable bonds is 7. The summed E-state index contributed by atoms with van der Waals surface area (Å²) in [7, 11) is 2.17. The van der Waals surface area contributed by atoms with Crippen LogP contribution in [-0.4, -0.2) is 30.1 Å². The van der Waals surface area contributed by atoms with E-state index in [2.05, 4.69) is 26.0 Å². The standard InChI is InChI=1S/C21H26O4SSi/c1-14(2)16-9-10-18-17(13-16)21(22)20-15(7-6-8-19(20)26-18)11-12-27(23-3,24-4)25-5/h6-10,13-14H,11-12H2,1-5H3. The van der Waals surface area contributed by atoms with Crippen molar-refractivity contribution in [3.8, 4) is 0 Å². The van der Waals surface area contributed by atoms with Gasteiger partial charge in [0.25, 0.3) is 0 Å². The Kier molecular flexibility index (Phi) is 6.13. The molecule has 3 aromatic rings. The summed E-state index contributed by atoms with van der Waals surface area (Å²) < 4.78 is 18.6. The third kappa shape index (κ3) is 3.86. The van der Waals surface area contributed by atoms with Gasteiger partial charge in [0.15, 0.2) is 5.43 Å². The van der Waals surface area contributed by atoms with E-state index in [0.717, 1.165) is 25.7 Å².